The summed E-state index contributed by atoms with van der Waals surface area (Å²) < 4.78 is 5.32. The Morgan fingerprint density at radius 1 is 1.38 bits per heavy atom. The second-order valence-electron chi connectivity index (χ2n) is 6.21. The molecule has 0 aromatic heterocycles. The van der Waals surface area contributed by atoms with Gasteiger partial charge in [-0.05, 0) is 37.5 Å². The zero-order valence-electron chi connectivity index (χ0n) is 15.0. The number of benzene rings is 1. The van der Waals surface area contributed by atoms with E-state index in [0.29, 0.717) is 36.8 Å². The van der Waals surface area contributed by atoms with Crippen LogP contribution in [0.25, 0.3) is 0 Å². The molecule has 1 saturated heterocycles. The average molecular weight is 404 g/mol. The molecule has 1 heterocycles. The first-order valence-electron chi connectivity index (χ1n) is 8.63. The van der Waals surface area contributed by atoms with Gasteiger partial charge < -0.3 is 20.7 Å². The van der Waals surface area contributed by atoms with Crippen molar-refractivity contribution in [1.29, 1.82) is 0 Å². The first-order chi connectivity index (χ1) is 12.0. The molecule has 6 nitrogen and oxygen atoms in total. The van der Waals surface area contributed by atoms with Crippen LogP contribution in [0.4, 0.5) is 0 Å². The number of carbonyl (C=O) groups excluding carboxylic acids is 2. The molecule has 0 saturated carbocycles. The van der Waals surface area contributed by atoms with Gasteiger partial charge in [0.25, 0.3) is 0 Å². The van der Waals surface area contributed by atoms with Crippen molar-refractivity contribution in [3.8, 4) is 5.75 Å². The molecule has 3 N–H and O–H groups in total. The minimum Gasteiger partial charge on any atom is -0.496 e. The molecular formula is C18H27Cl2N3O3. The van der Waals surface area contributed by atoms with Crippen LogP contribution in [0.5, 0.6) is 5.75 Å². The Bertz CT molecular complexity index is 613. The topological polar surface area (TPSA) is 84.7 Å². The molecule has 1 aliphatic heterocycles. The summed E-state index contributed by atoms with van der Waals surface area (Å²) in [5, 5.41) is 3.45. The summed E-state index contributed by atoms with van der Waals surface area (Å²) >= 11 is 6.05. The third-order valence-corrected chi connectivity index (χ3v) is 4.67. The molecule has 0 bridgehead atoms. The monoisotopic (exact) mass is 403 g/mol. The van der Waals surface area contributed by atoms with Crippen molar-refractivity contribution in [3.63, 3.8) is 0 Å². The molecule has 1 aromatic carbocycles. The highest BCUT2D eigenvalue weighted by Crippen LogP contribution is 2.25. The largest absolute Gasteiger partial charge is 0.496 e. The van der Waals surface area contributed by atoms with Gasteiger partial charge in [-0.15, -0.1) is 12.4 Å². The average Bonchev–Trinajstić information content (AvgIpc) is 2.60. The van der Waals surface area contributed by atoms with Crippen LogP contribution in [0.3, 0.4) is 0 Å². The number of halogens is 2. The van der Waals surface area contributed by atoms with E-state index >= 15 is 0 Å². The lowest BCUT2D eigenvalue weighted by Gasteiger charge is -2.36. The zero-order chi connectivity index (χ0) is 18.2. The maximum Gasteiger partial charge on any atom is 0.227 e. The summed E-state index contributed by atoms with van der Waals surface area (Å²) in [5.41, 5.74) is 6.17. The Morgan fingerprint density at radius 3 is 2.85 bits per heavy atom. The summed E-state index contributed by atoms with van der Waals surface area (Å²) in [6.45, 7) is 1.50. The number of hydrogen-bond acceptors (Lipinski definition) is 4. The fourth-order valence-corrected chi connectivity index (χ4v) is 3.34. The van der Waals surface area contributed by atoms with Crippen LogP contribution in [0, 0.1) is 0 Å². The quantitative estimate of drug-likeness (QED) is 0.730. The third kappa shape index (κ3) is 6.34. The van der Waals surface area contributed by atoms with Gasteiger partial charge in [0.1, 0.15) is 5.75 Å². The van der Waals surface area contributed by atoms with Gasteiger partial charge in [0.2, 0.25) is 11.8 Å². The van der Waals surface area contributed by atoms with Crippen LogP contribution in [0.15, 0.2) is 18.2 Å². The Kier molecular flexibility index (Phi) is 9.76. The number of nitrogens with one attached hydrogen (secondary N) is 1. The van der Waals surface area contributed by atoms with E-state index in [1.165, 1.54) is 0 Å². The predicted octanol–water partition coefficient (Wildman–Crippen LogP) is 2.16. The molecule has 1 aliphatic rings. The lowest BCUT2D eigenvalue weighted by atomic mass is 10.0. The molecule has 2 amide bonds. The van der Waals surface area contributed by atoms with Crippen LogP contribution in [-0.2, 0) is 16.0 Å². The maximum absolute atomic E-state index is 12.8. The van der Waals surface area contributed by atoms with Crippen LogP contribution in [0.1, 0.15) is 31.2 Å². The fraction of sp³-hybridized carbons (Fsp3) is 0.556. The number of carbonyl (C=O) groups is 2. The van der Waals surface area contributed by atoms with Gasteiger partial charge in [-0.3, -0.25) is 9.59 Å². The molecule has 146 valence electrons. The first-order valence-corrected chi connectivity index (χ1v) is 9.01. The van der Waals surface area contributed by atoms with Crippen molar-refractivity contribution in [2.24, 2.45) is 5.73 Å². The fourth-order valence-electron chi connectivity index (χ4n) is 3.14. The standard InChI is InChI=1S/C18H26ClN3O3.ClH/c1-25-16-6-5-14(19)10-13(16)11-18(24)22-9-3-2-4-15(22)12-21-17(23)7-8-20;/h5-6,10,15H,2-4,7-9,11-12,20H2,1H3,(H,21,23);1H. The summed E-state index contributed by atoms with van der Waals surface area (Å²) in [6.07, 6.45) is 3.46. The van der Waals surface area contributed by atoms with Gasteiger partial charge >= 0.3 is 0 Å². The molecular weight excluding hydrogens is 377 g/mol. The maximum atomic E-state index is 12.8. The molecule has 1 fully saturated rings. The minimum absolute atomic E-state index is 0. The van der Waals surface area contributed by atoms with E-state index in [1.807, 2.05) is 4.90 Å². The summed E-state index contributed by atoms with van der Waals surface area (Å²) in [4.78, 5) is 26.3. The Hall–Kier alpha value is -1.50. The summed E-state index contributed by atoms with van der Waals surface area (Å²) in [6, 6.07) is 5.30. The van der Waals surface area contributed by atoms with Crippen molar-refractivity contribution >= 4 is 35.8 Å². The summed E-state index contributed by atoms with van der Waals surface area (Å²) in [5.74, 6) is 0.609. The third-order valence-electron chi connectivity index (χ3n) is 4.44. The van der Waals surface area contributed by atoms with E-state index < -0.39 is 0 Å². The van der Waals surface area contributed by atoms with Gasteiger partial charge in [0, 0.05) is 42.7 Å². The van der Waals surface area contributed by atoms with E-state index in [0.717, 1.165) is 24.8 Å². The molecule has 1 aromatic rings. The highest BCUT2D eigenvalue weighted by Gasteiger charge is 2.27. The molecule has 8 heteroatoms. The number of rotatable bonds is 7. The number of amides is 2. The minimum atomic E-state index is -0.0722. The number of hydrogen-bond donors (Lipinski definition) is 2. The van der Waals surface area contributed by atoms with Crippen LogP contribution in [0.2, 0.25) is 5.02 Å². The van der Waals surface area contributed by atoms with Gasteiger partial charge in [0.15, 0.2) is 0 Å². The predicted molar refractivity (Wildman–Crippen MR) is 105 cm³/mol. The molecule has 2 rings (SSSR count). The van der Waals surface area contributed by atoms with Gasteiger partial charge in [-0.25, -0.2) is 0 Å². The van der Waals surface area contributed by atoms with E-state index in [-0.39, 0.29) is 36.7 Å². The lowest BCUT2D eigenvalue weighted by Crippen LogP contribution is -2.50. The molecule has 0 radical (unpaired) electrons. The van der Waals surface area contributed by atoms with Crippen molar-refractivity contribution in [1.82, 2.24) is 10.2 Å². The van der Waals surface area contributed by atoms with Crippen LogP contribution in [-0.4, -0.2) is 49.5 Å². The summed E-state index contributed by atoms with van der Waals surface area (Å²) in [7, 11) is 1.58. The number of piperidine rings is 1. The number of likely N-dealkylation sites (tertiary alicyclic amines) is 1. The van der Waals surface area contributed by atoms with E-state index in [1.54, 1.807) is 25.3 Å². The van der Waals surface area contributed by atoms with Crippen molar-refractivity contribution in [2.75, 3.05) is 26.7 Å². The molecule has 1 atom stereocenters. The Morgan fingerprint density at radius 2 is 2.15 bits per heavy atom. The van der Waals surface area contributed by atoms with Gasteiger partial charge in [-0.2, -0.15) is 0 Å². The number of ether oxygens (including phenoxy) is 1. The van der Waals surface area contributed by atoms with E-state index in [9.17, 15) is 9.59 Å². The van der Waals surface area contributed by atoms with Crippen molar-refractivity contribution in [2.45, 2.75) is 38.1 Å². The highest BCUT2D eigenvalue weighted by molar-refractivity contribution is 6.30. The van der Waals surface area contributed by atoms with E-state index in [4.69, 9.17) is 22.1 Å². The van der Waals surface area contributed by atoms with Gasteiger partial charge in [0.05, 0.1) is 13.5 Å². The normalized spacial score (nSPS) is 16.6. The molecule has 0 spiro atoms. The van der Waals surface area contributed by atoms with Crippen molar-refractivity contribution < 1.29 is 14.3 Å². The second-order valence-corrected chi connectivity index (χ2v) is 6.65. The van der Waals surface area contributed by atoms with Gasteiger partial charge in [-0.1, -0.05) is 11.6 Å². The number of methoxy groups -OCH3 is 1. The smallest absolute Gasteiger partial charge is 0.227 e. The van der Waals surface area contributed by atoms with E-state index in [2.05, 4.69) is 5.32 Å². The number of nitrogens with zero attached hydrogens (tertiary/aromatic N) is 1. The molecule has 1 unspecified atom stereocenters. The SMILES string of the molecule is COc1ccc(Cl)cc1CC(=O)N1CCCCC1CNC(=O)CCN.Cl. The highest BCUT2D eigenvalue weighted by atomic mass is 35.5. The number of nitrogens with two attached hydrogens (primary N) is 1. The molecule has 26 heavy (non-hydrogen) atoms. The lowest BCUT2D eigenvalue weighted by molar-refractivity contribution is -0.134. The first kappa shape index (κ1) is 22.5. The Balaban J connectivity index is 0.00000338. The van der Waals surface area contributed by atoms with Crippen LogP contribution >= 0.6 is 24.0 Å². The zero-order valence-corrected chi connectivity index (χ0v) is 16.6. The van der Waals surface area contributed by atoms with Crippen LogP contribution < -0.4 is 15.8 Å². The Labute approximate surface area is 165 Å². The van der Waals surface area contributed by atoms with Crippen molar-refractivity contribution in [3.05, 3.63) is 28.8 Å². The second kappa shape index (κ2) is 11.3. The molecule has 0 aliphatic carbocycles.